The zero-order valence-corrected chi connectivity index (χ0v) is 19.2. The highest BCUT2D eigenvalue weighted by atomic mass is 19.1. The van der Waals surface area contributed by atoms with Gasteiger partial charge in [-0.3, -0.25) is 9.69 Å². The van der Waals surface area contributed by atoms with Crippen LogP contribution in [-0.4, -0.2) is 60.6 Å². The molecule has 2 aliphatic heterocycles. The molecule has 0 saturated carbocycles. The molecular formula is C26H34FN3O2. The lowest BCUT2D eigenvalue weighted by molar-refractivity contribution is -0.139. The Morgan fingerprint density at radius 2 is 1.69 bits per heavy atom. The number of hydrogen-bond acceptors (Lipinski definition) is 4. The molecule has 2 aromatic carbocycles. The third kappa shape index (κ3) is 5.41. The summed E-state index contributed by atoms with van der Waals surface area (Å²) in [6, 6.07) is 15.0. The Balaban J connectivity index is 1.34. The lowest BCUT2D eigenvalue weighted by atomic mass is 10.1. The standard InChI is InChI=1S/C26H34FN3O2/c1-20-17-30(21(2)16-29(20)18-22-10-12-23(27)13-11-22)26(31)19-32-25-9-5-4-8-24(25)28-14-6-3-7-15-28/h4-5,8-13,20-21H,3,6-7,14-19H2,1-2H3. The van der Waals surface area contributed by atoms with E-state index in [4.69, 9.17) is 4.74 Å². The van der Waals surface area contributed by atoms with Gasteiger partial charge in [-0.05, 0) is 62.9 Å². The molecule has 0 aromatic heterocycles. The maximum Gasteiger partial charge on any atom is 0.260 e. The van der Waals surface area contributed by atoms with Crippen molar-refractivity contribution >= 4 is 11.6 Å². The average Bonchev–Trinajstić information content (AvgIpc) is 2.82. The number of piperidine rings is 1. The number of ether oxygens (including phenoxy) is 1. The van der Waals surface area contributed by atoms with E-state index in [9.17, 15) is 9.18 Å². The van der Waals surface area contributed by atoms with E-state index in [0.717, 1.165) is 43.2 Å². The fourth-order valence-electron chi connectivity index (χ4n) is 4.79. The second-order valence-corrected chi connectivity index (χ2v) is 9.10. The van der Waals surface area contributed by atoms with Crippen molar-refractivity contribution in [3.05, 3.63) is 59.9 Å². The van der Waals surface area contributed by atoms with Gasteiger partial charge in [0.25, 0.3) is 5.91 Å². The third-order valence-electron chi connectivity index (χ3n) is 6.65. The maximum atomic E-state index is 13.2. The SMILES string of the molecule is CC1CN(C(=O)COc2ccccc2N2CCCCC2)C(C)CN1Cc1ccc(F)cc1. The number of halogens is 1. The van der Waals surface area contributed by atoms with Crippen LogP contribution in [0.3, 0.4) is 0 Å². The van der Waals surface area contributed by atoms with Crippen LogP contribution in [0.1, 0.15) is 38.7 Å². The average molecular weight is 440 g/mol. The summed E-state index contributed by atoms with van der Waals surface area (Å²) in [5, 5.41) is 0. The normalized spacial score (nSPS) is 22.1. The molecule has 0 N–H and O–H groups in total. The number of carbonyl (C=O) groups excluding carboxylic acids is 1. The Morgan fingerprint density at radius 3 is 2.44 bits per heavy atom. The highest BCUT2D eigenvalue weighted by Crippen LogP contribution is 2.30. The second-order valence-electron chi connectivity index (χ2n) is 9.10. The molecule has 0 aliphatic carbocycles. The van der Waals surface area contributed by atoms with Crippen molar-refractivity contribution < 1.29 is 13.9 Å². The number of nitrogens with zero attached hydrogens (tertiary/aromatic N) is 3. The zero-order valence-electron chi connectivity index (χ0n) is 19.2. The fourth-order valence-corrected chi connectivity index (χ4v) is 4.79. The molecule has 172 valence electrons. The van der Waals surface area contributed by atoms with E-state index in [-0.39, 0.29) is 30.4 Å². The lowest BCUT2D eigenvalue weighted by Crippen LogP contribution is -2.58. The Bertz CT molecular complexity index is 898. The first-order valence-corrected chi connectivity index (χ1v) is 11.8. The summed E-state index contributed by atoms with van der Waals surface area (Å²) >= 11 is 0. The van der Waals surface area contributed by atoms with Crippen LogP contribution < -0.4 is 9.64 Å². The minimum absolute atomic E-state index is 0.0271. The molecule has 2 atom stereocenters. The minimum atomic E-state index is -0.215. The smallest absolute Gasteiger partial charge is 0.260 e. The monoisotopic (exact) mass is 439 g/mol. The molecule has 0 bridgehead atoms. The van der Waals surface area contributed by atoms with Crippen molar-refractivity contribution in [2.45, 2.75) is 51.7 Å². The molecule has 0 radical (unpaired) electrons. The predicted octanol–water partition coefficient (Wildman–Crippen LogP) is 4.32. The summed E-state index contributed by atoms with van der Waals surface area (Å²) in [7, 11) is 0. The van der Waals surface area contributed by atoms with Gasteiger partial charge in [-0.2, -0.15) is 0 Å². The first-order valence-electron chi connectivity index (χ1n) is 11.8. The van der Waals surface area contributed by atoms with Crippen LogP contribution in [-0.2, 0) is 11.3 Å². The van der Waals surface area contributed by atoms with Crippen molar-refractivity contribution in [3.63, 3.8) is 0 Å². The molecule has 2 heterocycles. The Labute approximate surface area is 190 Å². The first-order chi connectivity index (χ1) is 15.5. The zero-order chi connectivity index (χ0) is 22.5. The van der Waals surface area contributed by atoms with E-state index >= 15 is 0 Å². The number of hydrogen-bond donors (Lipinski definition) is 0. The summed E-state index contributed by atoms with van der Waals surface area (Å²) in [6.45, 7) is 8.57. The second kappa shape index (κ2) is 10.3. The number of carbonyl (C=O) groups is 1. The van der Waals surface area contributed by atoms with Crippen molar-refractivity contribution in [2.75, 3.05) is 37.7 Å². The van der Waals surface area contributed by atoms with Crippen LogP contribution in [0.15, 0.2) is 48.5 Å². The maximum absolute atomic E-state index is 13.2. The van der Waals surface area contributed by atoms with Crippen LogP contribution in [0.2, 0.25) is 0 Å². The molecule has 2 aromatic rings. The highest BCUT2D eigenvalue weighted by Gasteiger charge is 2.32. The van der Waals surface area contributed by atoms with E-state index < -0.39 is 0 Å². The van der Waals surface area contributed by atoms with Gasteiger partial charge in [0.05, 0.1) is 5.69 Å². The number of anilines is 1. The Hall–Kier alpha value is -2.60. The van der Waals surface area contributed by atoms with Crippen molar-refractivity contribution in [2.24, 2.45) is 0 Å². The van der Waals surface area contributed by atoms with E-state index in [1.807, 2.05) is 35.2 Å². The molecule has 32 heavy (non-hydrogen) atoms. The van der Waals surface area contributed by atoms with Crippen LogP contribution >= 0.6 is 0 Å². The largest absolute Gasteiger partial charge is 0.482 e. The van der Waals surface area contributed by atoms with E-state index in [1.54, 1.807) is 0 Å². The number of para-hydroxylation sites is 2. The van der Waals surface area contributed by atoms with Crippen LogP contribution in [0.5, 0.6) is 5.75 Å². The highest BCUT2D eigenvalue weighted by molar-refractivity contribution is 5.78. The quantitative estimate of drug-likeness (QED) is 0.672. The molecule has 2 fully saturated rings. The molecule has 2 saturated heterocycles. The topological polar surface area (TPSA) is 36.0 Å². The van der Waals surface area contributed by atoms with E-state index in [0.29, 0.717) is 6.54 Å². The molecule has 2 unspecified atom stereocenters. The van der Waals surface area contributed by atoms with Crippen molar-refractivity contribution in [3.8, 4) is 5.75 Å². The van der Waals surface area contributed by atoms with Crippen molar-refractivity contribution in [1.29, 1.82) is 0 Å². The van der Waals surface area contributed by atoms with Gasteiger partial charge in [0.15, 0.2) is 6.61 Å². The Kier molecular flexibility index (Phi) is 7.30. The molecular weight excluding hydrogens is 405 g/mol. The number of rotatable bonds is 6. The van der Waals surface area contributed by atoms with Crippen LogP contribution in [0.25, 0.3) is 0 Å². The molecule has 0 spiro atoms. The van der Waals surface area contributed by atoms with E-state index in [2.05, 4.69) is 29.7 Å². The first kappa shape index (κ1) is 22.6. The molecule has 5 nitrogen and oxygen atoms in total. The van der Waals surface area contributed by atoms with Gasteiger partial charge in [0, 0.05) is 44.8 Å². The van der Waals surface area contributed by atoms with Crippen LogP contribution in [0, 0.1) is 5.82 Å². The van der Waals surface area contributed by atoms with Crippen molar-refractivity contribution in [1.82, 2.24) is 9.80 Å². The van der Waals surface area contributed by atoms with Gasteiger partial charge in [-0.1, -0.05) is 24.3 Å². The fraction of sp³-hybridized carbons (Fsp3) is 0.500. The lowest BCUT2D eigenvalue weighted by Gasteiger charge is -2.44. The number of piperazine rings is 1. The predicted molar refractivity (Wildman–Crippen MR) is 125 cm³/mol. The summed E-state index contributed by atoms with van der Waals surface area (Å²) in [4.78, 5) is 19.7. The molecule has 4 rings (SSSR count). The number of amides is 1. The van der Waals surface area contributed by atoms with Gasteiger partial charge in [0.2, 0.25) is 0 Å². The van der Waals surface area contributed by atoms with Gasteiger partial charge in [-0.15, -0.1) is 0 Å². The number of benzene rings is 2. The summed E-state index contributed by atoms with van der Waals surface area (Å²) in [5.41, 5.74) is 2.17. The van der Waals surface area contributed by atoms with Gasteiger partial charge in [-0.25, -0.2) is 4.39 Å². The minimum Gasteiger partial charge on any atom is -0.482 e. The van der Waals surface area contributed by atoms with Gasteiger partial charge < -0.3 is 14.5 Å². The molecule has 1 amide bonds. The van der Waals surface area contributed by atoms with Gasteiger partial charge >= 0.3 is 0 Å². The Morgan fingerprint density at radius 1 is 0.969 bits per heavy atom. The summed E-state index contributed by atoms with van der Waals surface area (Å²) in [6.07, 6.45) is 3.68. The van der Waals surface area contributed by atoms with Gasteiger partial charge in [0.1, 0.15) is 11.6 Å². The summed E-state index contributed by atoms with van der Waals surface area (Å²) < 4.78 is 19.2. The molecule has 2 aliphatic rings. The van der Waals surface area contributed by atoms with E-state index in [1.165, 1.54) is 31.4 Å². The summed E-state index contributed by atoms with van der Waals surface area (Å²) in [5.74, 6) is 0.602. The van der Waals surface area contributed by atoms with Crippen LogP contribution in [0.4, 0.5) is 10.1 Å². The molecule has 6 heteroatoms. The third-order valence-corrected chi connectivity index (χ3v) is 6.65.